The summed E-state index contributed by atoms with van der Waals surface area (Å²) in [6.07, 6.45) is -4.36. The number of amides is 3. The van der Waals surface area contributed by atoms with E-state index < -0.39 is 46.8 Å². The second-order valence-corrected chi connectivity index (χ2v) is 9.87. The van der Waals surface area contributed by atoms with Crippen molar-refractivity contribution >= 4 is 17.7 Å². The quantitative estimate of drug-likeness (QED) is 0.678. The normalized spacial score (nSPS) is 32.4. The molecule has 0 bridgehead atoms. The summed E-state index contributed by atoms with van der Waals surface area (Å²) < 4.78 is 38.4. The smallest absolute Gasteiger partial charge is 0.341 e. The molecule has 2 saturated carbocycles. The molecular formula is C19H25F3N4O3. The van der Waals surface area contributed by atoms with Gasteiger partial charge in [-0.1, -0.05) is 34.6 Å². The van der Waals surface area contributed by atoms with Crippen molar-refractivity contribution in [1.29, 1.82) is 5.26 Å². The Balaban J connectivity index is 1.89. The lowest BCUT2D eigenvalue weighted by atomic mass is 9.79. The SMILES string of the molecule is CC(C)(C)[C@H](NC(=O)C(F)(F)F)C(=O)N1CC23CC2([C@H]1C(=O)NCC#N)C3(C)C. The van der Waals surface area contributed by atoms with Crippen molar-refractivity contribution in [3.63, 3.8) is 0 Å². The summed E-state index contributed by atoms with van der Waals surface area (Å²) >= 11 is 0. The van der Waals surface area contributed by atoms with Crippen LogP contribution in [0.5, 0.6) is 0 Å². The molecule has 3 rings (SSSR count). The largest absolute Gasteiger partial charge is 0.471 e. The first-order valence-electron chi connectivity index (χ1n) is 9.41. The monoisotopic (exact) mass is 414 g/mol. The van der Waals surface area contributed by atoms with E-state index in [1.165, 1.54) is 4.90 Å². The van der Waals surface area contributed by atoms with Gasteiger partial charge in [-0.15, -0.1) is 0 Å². The summed E-state index contributed by atoms with van der Waals surface area (Å²) in [6, 6.07) is -0.506. The maximum atomic E-state index is 13.3. The van der Waals surface area contributed by atoms with Crippen molar-refractivity contribution in [2.45, 2.75) is 59.3 Å². The molecule has 3 aliphatic rings. The summed E-state index contributed by atoms with van der Waals surface area (Å²) in [7, 11) is 0. The van der Waals surface area contributed by atoms with Crippen molar-refractivity contribution in [1.82, 2.24) is 15.5 Å². The van der Waals surface area contributed by atoms with Gasteiger partial charge in [0.05, 0.1) is 6.07 Å². The number of hydrogen-bond donors (Lipinski definition) is 2. The average Bonchev–Trinajstić information content (AvgIpc) is 3.30. The van der Waals surface area contributed by atoms with Crippen molar-refractivity contribution in [2.75, 3.05) is 13.1 Å². The summed E-state index contributed by atoms with van der Waals surface area (Å²) in [5.74, 6) is -3.39. The topological polar surface area (TPSA) is 102 Å². The van der Waals surface area contributed by atoms with Crippen LogP contribution in [0.25, 0.3) is 0 Å². The van der Waals surface area contributed by atoms with Gasteiger partial charge in [-0.2, -0.15) is 18.4 Å². The van der Waals surface area contributed by atoms with Crippen LogP contribution < -0.4 is 10.6 Å². The predicted octanol–water partition coefficient (Wildman–Crippen LogP) is 1.35. The second kappa shape index (κ2) is 5.86. The van der Waals surface area contributed by atoms with Gasteiger partial charge in [0.2, 0.25) is 11.8 Å². The van der Waals surface area contributed by atoms with Crippen LogP contribution >= 0.6 is 0 Å². The Morgan fingerprint density at radius 1 is 1.24 bits per heavy atom. The van der Waals surface area contributed by atoms with Gasteiger partial charge in [-0.3, -0.25) is 14.4 Å². The molecule has 0 aromatic carbocycles. The highest BCUT2D eigenvalue weighted by atomic mass is 19.4. The van der Waals surface area contributed by atoms with Gasteiger partial charge >= 0.3 is 12.1 Å². The third-order valence-electron chi connectivity index (χ3n) is 7.30. The van der Waals surface area contributed by atoms with E-state index >= 15 is 0 Å². The van der Waals surface area contributed by atoms with Gasteiger partial charge in [0.25, 0.3) is 0 Å². The Labute approximate surface area is 167 Å². The van der Waals surface area contributed by atoms with E-state index in [9.17, 15) is 27.6 Å². The van der Waals surface area contributed by atoms with Gasteiger partial charge in [-0.25, -0.2) is 0 Å². The third kappa shape index (κ3) is 2.66. The first-order chi connectivity index (χ1) is 13.1. The molecule has 160 valence electrons. The van der Waals surface area contributed by atoms with Crippen LogP contribution in [0.4, 0.5) is 13.2 Å². The lowest BCUT2D eigenvalue weighted by molar-refractivity contribution is -0.176. The first kappa shape index (κ1) is 21.4. The predicted molar refractivity (Wildman–Crippen MR) is 94.8 cm³/mol. The molecule has 29 heavy (non-hydrogen) atoms. The number of rotatable bonds is 4. The number of carbonyl (C=O) groups excluding carboxylic acids is 3. The highest BCUT2D eigenvalue weighted by Gasteiger charge is 3.02. The zero-order valence-corrected chi connectivity index (χ0v) is 17.0. The number of nitrogens with one attached hydrogen (secondary N) is 2. The first-order valence-corrected chi connectivity index (χ1v) is 9.41. The number of piperidine rings is 2. The fourth-order valence-electron chi connectivity index (χ4n) is 5.53. The zero-order chi connectivity index (χ0) is 22.2. The van der Waals surface area contributed by atoms with E-state index in [0.29, 0.717) is 0 Å². The van der Waals surface area contributed by atoms with Crippen LogP contribution in [0.1, 0.15) is 41.0 Å². The minimum atomic E-state index is -5.12. The van der Waals surface area contributed by atoms with Crippen LogP contribution in [0, 0.1) is 33.0 Å². The van der Waals surface area contributed by atoms with Gasteiger partial charge in [0.15, 0.2) is 0 Å². The molecule has 1 aliphatic heterocycles. The van der Waals surface area contributed by atoms with E-state index in [2.05, 4.69) is 5.32 Å². The number of nitriles is 1. The molecule has 0 spiro atoms. The van der Waals surface area contributed by atoms with Gasteiger partial charge in [0.1, 0.15) is 18.6 Å². The molecular weight excluding hydrogens is 389 g/mol. The van der Waals surface area contributed by atoms with Crippen molar-refractivity contribution in [2.24, 2.45) is 21.7 Å². The standard InChI is InChI=1S/C19H25F3N4O3/c1-15(2,3)10(25-14(29)19(20,21)22)13(28)26-9-17-8-18(17,16(17,4)5)11(26)12(27)24-7-6-23/h10-11H,7-9H2,1-5H3,(H,24,27)(H,25,29)/t10-,11-,17?,18?/m1/s1. The Hall–Kier alpha value is -2.31. The molecule has 2 unspecified atom stereocenters. The molecule has 4 atom stereocenters. The fraction of sp³-hybridized carbons (Fsp3) is 0.789. The lowest BCUT2D eigenvalue weighted by Crippen LogP contribution is -2.62. The minimum absolute atomic E-state index is 0.169. The minimum Gasteiger partial charge on any atom is -0.341 e. The fourth-order valence-corrected chi connectivity index (χ4v) is 5.53. The maximum Gasteiger partial charge on any atom is 0.471 e. The summed E-state index contributed by atoms with van der Waals surface area (Å²) in [5, 5.41) is 13.1. The van der Waals surface area contributed by atoms with Gasteiger partial charge in [-0.05, 0) is 17.3 Å². The number of halogens is 3. The Bertz CT molecular complexity index is 826. The molecule has 0 radical (unpaired) electrons. The maximum absolute atomic E-state index is 13.3. The van der Waals surface area contributed by atoms with Gasteiger partial charge < -0.3 is 15.5 Å². The number of likely N-dealkylation sites (tertiary alicyclic amines) is 1. The Morgan fingerprint density at radius 3 is 2.28 bits per heavy atom. The van der Waals surface area contributed by atoms with Gasteiger partial charge in [0, 0.05) is 17.4 Å². The van der Waals surface area contributed by atoms with Crippen LogP contribution in [0.2, 0.25) is 0 Å². The molecule has 7 nitrogen and oxygen atoms in total. The Kier molecular flexibility index (Phi) is 4.33. The van der Waals surface area contributed by atoms with Crippen molar-refractivity contribution < 1.29 is 27.6 Å². The van der Waals surface area contributed by atoms with Crippen molar-refractivity contribution in [3.05, 3.63) is 0 Å². The van der Waals surface area contributed by atoms with Crippen LogP contribution in [0.3, 0.4) is 0 Å². The van der Waals surface area contributed by atoms with E-state index in [-0.39, 0.29) is 23.9 Å². The lowest BCUT2D eigenvalue weighted by Gasteiger charge is -2.42. The number of nitrogens with zero attached hydrogens (tertiary/aromatic N) is 2. The molecule has 3 amide bonds. The average molecular weight is 414 g/mol. The van der Waals surface area contributed by atoms with E-state index in [1.807, 2.05) is 25.2 Å². The molecule has 0 aromatic heterocycles. The highest BCUT2D eigenvalue weighted by molar-refractivity contribution is 5.96. The van der Waals surface area contributed by atoms with E-state index in [0.717, 1.165) is 6.42 Å². The van der Waals surface area contributed by atoms with Crippen LogP contribution in [-0.4, -0.2) is 54.0 Å². The third-order valence-corrected chi connectivity index (χ3v) is 7.30. The van der Waals surface area contributed by atoms with Crippen LogP contribution in [-0.2, 0) is 14.4 Å². The molecule has 1 heterocycles. The molecule has 0 aromatic rings. The number of hydrogen-bond acceptors (Lipinski definition) is 4. The van der Waals surface area contributed by atoms with Crippen LogP contribution in [0.15, 0.2) is 0 Å². The second-order valence-electron chi connectivity index (χ2n) is 9.87. The molecule has 1 saturated heterocycles. The molecule has 2 N–H and O–H groups in total. The summed E-state index contributed by atoms with van der Waals surface area (Å²) in [5.41, 5.74) is -1.84. The van der Waals surface area contributed by atoms with Crippen molar-refractivity contribution in [3.8, 4) is 6.07 Å². The van der Waals surface area contributed by atoms with E-state index in [1.54, 1.807) is 20.8 Å². The molecule has 2 aliphatic carbocycles. The van der Waals surface area contributed by atoms with E-state index in [4.69, 9.17) is 5.26 Å². The molecule has 10 heteroatoms. The highest BCUT2D eigenvalue weighted by Crippen LogP contribution is 3.00. The molecule has 3 fully saturated rings. The zero-order valence-electron chi connectivity index (χ0n) is 17.0. The summed E-state index contributed by atoms with van der Waals surface area (Å²) in [6.45, 7) is 8.69. The number of carbonyl (C=O) groups is 3. The summed E-state index contributed by atoms with van der Waals surface area (Å²) in [4.78, 5) is 38.9. The Morgan fingerprint density at radius 2 is 1.83 bits per heavy atom. The number of alkyl halides is 3.